The number of fused-ring (bicyclic) bond motifs is 1. The summed E-state index contributed by atoms with van der Waals surface area (Å²) >= 11 is 0. The van der Waals surface area contributed by atoms with Crippen LogP contribution in [0.15, 0.2) is 39.4 Å². The Morgan fingerprint density at radius 2 is 2.13 bits per heavy atom. The van der Waals surface area contributed by atoms with E-state index in [2.05, 4.69) is 15.4 Å². The van der Waals surface area contributed by atoms with E-state index < -0.39 is 14.9 Å². The molecular formula is C7H7AgN3O3S+. The minimum absolute atomic E-state index is 0. The van der Waals surface area contributed by atoms with E-state index in [9.17, 15) is 8.42 Å². The van der Waals surface area contributed by atoms with Gasteiger partial charge in [0, 0.05) is 0 Å². The summed E-state index contributed by atoms with van der Waals surface area (Å²) in [4.78, 5) is 0. The van der Waals surface area contributed by atoms with Crippen molar-refractivity contribution in [2.24, 2.45) is 15.4 Å². The molecule has 0 aromatic carbocycles. The van der Waals surface area contributed by atoms with Gasteiger partial charge in [0.05, 0.1) is 0 Å². The molecule has 1 unspecified atom stereocenters. The van der Waals surface area contributed by atoms with Gasteiger partial charge in [0.25, 0.3) is 10.1 Å². The zero-order valence-corrected chi connectivity index (χ0v) is 9.85. The Labute approximate surface area is 102 Å². The average molecular weight is 321 g/mol. The number of hydrogen-bond donors (Lipinski definition) is 1. The summed E-state index contributed by atoms with van der Waals surface area (Å²) in [7, 11) is -4.18. The van der Waals surface area contributed by atoms with Gasteiger partial charge in [0.15, 0.2) is 0 Å². The van der Waals surface area contributed by atoms with Crippen LogP contribution in [0.2, 0.25) is 0 Å². The normalized spacial score (nSPS) is 27.9. The van der Waals surface area contributed by atoms with Crippen molar-refractivity contribution in [3.05, 3.63) is 23.9 Å². The SMILES string of the molecule is CC1(S(=O)(=O)O)C=CC2=NN=NC2=C1.[Ag+]. The van der Waals surface area contributed by atoms with E-state index in [0.717, 1.165) is 0 Å². The van der Waals surface area contributed by atoms with E-state index in [1.807, 2.05) is 0 Å². The van der Waals surface area contributed by atoms with Gasteiger partial charge in [-0.3, -0.25) is 4.55 Å². The Morgan fingerprint density at radius 1 is 1.47 bits per heavy atom. The minimum atomic E-state index is -4.18. The standard InChI is InChI=1S/C7H7N3O3S.Ag/c1-7(14(11,12)13)3-2-5-6(4-7)9-10-8-5;/h2-4H,1H3,(H,11,12,13);/q;+1. The molecule has 0 radical (unpaired) electrons. The Bertz CT molecular complexity index is 506. The average Bonchev–Trinajstić information content (AvgIpc) is 2.48. The second-order valence-electron chi connectivity index (χ2n) is 3.20. The summed E-state index contributed by atoms with van der Waals surface area (Å²) in [6.07, 6.45) is 4.14. The number of hydrogen-bond acceptors (Lipinski definition) is 5. The largest absolute Gasteiger partial charge is 1.00 e. The molecule has 1 aliphatic heterocycles. The molecule has 2 aliphatic rings. The monoisotopic (exact) mass is 320 g/mol. The summed E-state index contributed by atoms with van der Waals surface area (Å²) in [5, 5.41) is 10.7. The van der Waals surface area contributed by atoms with Crippen molar-refractivity contribution in [3.63, 3.8) is 0 Å². The molecule has 84 valence electrons. The maximum absolute atomic E-state index is 11.0. The summed E-state index contributed by atoms with van der Waals surface area (Å²) in [6, 6.07) is 0. The third kappa shape index (κ3) is 2.01. The van der Waals surface area contributed by atoms with Crippen LogP contribution in [0, 0.1) is 0 Å². The maximum Gasteiger partial charge on any atom is 1.00 e. The van der Waals surface area contributed by atoms with E-state index in [4.69, 9.17) is 4.55 Å². The molecule has 0 fully saturated rings. The van der Waals surface area contributed by atoms with Crippen molar-refractivity contribution in [2.75, 3.05) is 0 Å². The van der Waals surface area contributed by atoms with Crippen LogP contribution in [-0.2, 0) is 32.5 Å². The molecule has 1 heterocycles. The minimum Gasteiger partial charge on any atom is -0.285 e. The summed E-state index contributed by atoms with van der Waals surface area (Å²) in [5.41, 5.74) is 0.874. The molecule has 1 aliphatic carbocycles. The molecule has 8 heteroatoms. The van der Waals surface area contributed by atoms with Crippen LogP contribution in [0.3, 0.4) is 0 Å². The van der Waals surface area contributed by atoms with Gasteiger partial charge in [-0.25, -0.2) is 0 Å². The third-order valence-corrected chi connectivity index (χ3v) is 3.48. The molecule has 2 rings (SSSR count). The van der Waals surface area contributed by atoms with Crippen molar-refractivity contribution in [3.8, 4) is 0 Å². The fraction of sp³-hybridized carbons (Fsp3) is 0.286. The van der Waals surface area contributed by atoms with Crippen LogP contribution < -0.4 is 0 Å². The molecule has 0 amide bonds. The van der Waals surface area contributed by atoms with E-state index >= 15 is 0 Å². The molecule has 1 N–H and O–H groups in total. The molecule has 6 nitrogen and oxygen atoms in total. The number of allylic oxidation sites excluding steroid dienone is 1. The van der Waals surface area contributed by atoms with E-state index in [1.54, 1.807) is 0 Å². The van der Waals surface area contributed by atoms with Gasteiger partial charge < -0.3 is 0 Å². The Morgan fingerprint density at radius 3 is 2.73 bits per heavy atom. The van der Waals surface area contributed by atoms with E-state index in [-0.39, 0.29) is 22.4 Å². The van der Waals surface area contributed by atoms with Crippen molar-refractivity contribution in [1.82, 2.24) is 0 Å². The van der Waals surface area contributed by atoms with Crippen LogP contribution in [0.5, 0.6) is 0 Å². The van der Waals surface area contributed by atoms with Gasteiger partial charge in [0.1, 0.15) is 16.2 Å². The molecule has 1 atom stereocenters. The molecule has 15 heavy (non-hydrogen) atoms. The van der Waals surface area contributed by atoms with Gasteiger partial charge in [-0.2, -0.15) is 8.42 Å². The van der Waals surface area contributed by atoms with Gasteiger partial charge in [-0.15, -0.1) is 10.2 Å². The summed E-state index contributed by atoms with van der Waals surface area (Å²) < 4.78 is 29.6. The van der Waals surface area contributed by atoms with Crippen molar-refractivity contribution in [2.45, 2.75) is 11.7 Å². The van der Waals surface area contributed by atoms with Gasteiger partial charge >= 0.3 is 22.4 Å². The van der Waals surface area contributed by atoms with Crippen molar-refractivity contribution >= 4 is 15.8 Å². The van der Waals surface area contributed by atoms with Crippen molar-refractivity contribution in [1.29, 1.82) is 0 Å². The molecule has 0 spiro atoms. The number of nitrogens with zero attached hydrogens (tertiary/aromatic N) is 3. The smallest absolute Gasteiger partial charge is 0.285 e. The molecule has 0 saturated heterocycles. The van der Waals surface area contributed by atoms with E-state index in [1.165, 1.54) is 25.2 Å². The van der Waals surface area contributed by atoms with Crippen LogP contribution in [0.1, 0.15) is 6.92 Å². The first kappa shape index (κ1) is 12.5. The predicted molar refractivity (Wildman–Crippen MR) is 49.5 cm³/mol. The van der Waals surface area contributed by atoms with Crippen LogP contribution >= 0.6 is 0 Å². The quantitative estimate of drug-likeness (QED) is 0.575. The third-order valence-electron chi connectivity index (χ3n) is 2.12. The summed E-state index contributed by atoms with van der Waals surface area (Å²) in [6.45, 7) is 1.37. The van der Waals surface area contributed by atoms with Gasteiger partial charge in [-0.05, 0) is 24.3 Å². The van der Waals surface area contributed by atoms with Crippen LogP contribution in [0.25, 0.3) is 0 Å². The summed E-state index contributed by atoms with van der Waals surface area (Å²) in [5.74, 6) is 0. The van der Waals surface area contributed by atoms with Gasteiger partial charge in [-0.1, -0.05) is 6.08 Å². The van der Waals surface area contributed by atoms with E-state index in [0.29, 0.717) is 11.4 Å². The Balaban J connectivity index is 0.00000112. The van der Waals surface area contributed by atoms with Crippen LogP contribution in [-0.4, -0.2) is 23.4 Å². The van der Waals surface area contributed by atoms with Crippen LogP contribution in [0.4, 0.5) is 0 Å². The fourth-order valence-electron chi connectivity index (χ4n) is 1.17. The number of rotatable bonds is 1. The molecule has 0 bridgehead atoms. The Kier molecular flexibility index (Phi) is 3.13. The second kappa shape index (κ2) is 3.76. The first-order valence-corrected chi connectivity index (χ1v) is 5.25. The second-order valence-corrected chi connectivity index (χ2v) is 5.03. The molecule has 0 aromatic rings. The topological polar surface area (TPSA) is 91.5 Å². The first-order chi connectivity index (χ1) is 6.42. The first-order valence-electron chi connectivity index (χ1n) is 3.81. The Hall–Kier alpha value is -0.600. The predicted octanol–water partition coefficient (Wildman–Crippen LogP) is 0.906. The zero-order valence-electron chi connectivity index (χ0n) is 7.55. The van der Waals surface area contributed by atoms with Gasteiger partial charge in [0.2, 0.25) is 0 Å². The fourth-order valence-corrected chi connectivity index (χ4v) is 1.67. The molecular weight excluding hydrogens is 314 g/mol. The van der Waals surface area contributed by atoms with Crippen molar-refractivity contribution < 1.29 is 35.4 Å². The molecule has 0 aromatic heterocycles. The molecule has 0 saturated carbocycles. The maximum atomic E-state index is 11.0. The zero-order chi connectivity index (χ0) is 10.4.